The van der Waals surface area contributed by atoms with Crippen molar-refractivity contribution < 1.29 is 9.90 Å². The molecule has 0 spiro atoms. The molecule has 0 bridgehead atoms. The number of hydrogen-bond donors (Lipinski definition) is 3. The molecule has 0 aromatic carbocycles. The van der Waals surface area contributed by atoms with Crippen molar-refractivity contribution in [2.45, 2.75) is 6.92 Å². The summed E-state index contributed by atoms with van der Waals surface area (Å²) in [5.41, 5.74) is 0.606. The zero-order chi connectivity index (χ0) is 9.30. The van der Waals surface area contributed by atoms with E-state index in [1.807, 2.05) is 0 Å². The van der Waals surface area contributed by atoms with Crippen LogP contribution < -0.4 is 0 Å². The summed E-state index contributed by atoms with van der Waals surface area (Å²) in [5, 5.41) is 23.1. The molecule has 3 N–H and O–H groups in total. The Hall–Kier alpha value is -1.71. The van der Waals surface area contributed by atoms with Crippen LogP contribution in [0.1, 0.15) is 6.92 Å². The van der Waals surface area contributed by atoms with E-state index < -0.39 is 5.97 Å². The summed E-state index contributed by atoms with van der Waals surface area (Å²) in [6.45, 7) is 1.61. The molecule has 1 aliphatic rings. The third-order valence-electron chi connectivity index (χ3n) is 1.59. The number of nitrogens with one attached hydrogen (secondary N) is 2. The molecule has 0 fully saturated rings. The van der Waals surface area contributed by atoms with Gasteiger partial charge in [-0.3, -0.25) is 10.8 Å². The molecular formula is C8H8N2O2. The van der Waals surface area contributed by atoms with E-state index in [-0.39, 0.29) is 17.0 Å². The maximum absolute atomic E-state index is 10.5. The van der Waals surface area contributed by atoms with Crippen molar-refractivity contribution >= 4 is 17.4 Å². The van der Waals surface area contributed by atoms with Gasteiger partial charge in [0.2, 0.25) is 0 Å². The Morgan fingerprint density at radius 3 is 2.33 bits per heavy atom. The lowest BCUT2D eigenvalue weighted by molar-refractivity contribution is -0.132. The summed E-state index contributed by atoms with van der Waals surface area (Å²) in [4.78, 5) is 10.5. The minimum absolute atomic E-state index is 0.0532. The van der Waals surface area contributed by atoms with Gasteiger partial charge in [-0.15, -0.1) is 0 Å². The molecule has 4 nitrogen and oxygen atoms in total. The third-order valence-corrected chi connectivity index (χ3v) is 1.59. The predicted molar refractivity (Wildman–Crippen MR) is 44.9 cm³/mol. The first kappa shape index (κ1) is 8.39. The van der Waals surface area contributed by atoms with Gasteiger partial charge in [-0.2, -0.15) is 0 Å². The Labute approximate surface area is 69.2 Å². The highest BCUT2D eigenvalue weighted by Crippen LogP contribution is 2.14. The van der Waals surface area contributed by atoms with Gasteiger partial charge in [0.25, 0.3) is 0 Å². The number of carboxylic acids is 1. The summed E-state index contributed by atoms with van der Waals surface area (Å²) in [5.74, 6) is -1.05. The molecule has 0 aromatic heterocycles. The summed E-state index contributed by atoms with van der Waals surface area (Å²) >= 11 is 0. The van der Waals surface area contributed by atoms with Crippen LogP contribution in [-0.2, 0) is 4.79 Å². The first-order valence-electron chi connectivity index (χ1n) is 3.33. The molecule has 0 saturated heterocycles. The Kier molecular flexibility index (Phi) is 1.91. The lowest BCUT2D eigenvalue weighted by Gasteiger charge is -2.09. The molecule has 1 rings (SSSR count). The SMILES string of the molecule is CC1=CC(=N)C(=N)C=C1C(=O)O. The van der Waals surface area contributed by atoms with Crippen LogP contribution in [0, 0.1) is 10.8 Å². The molecule has 4 heteroatoms. The fraction of sp³-hybridized carbons (Fsp3) is 0.125. The standard InChI is InChI=1S/C8H8N2O2/c1-4-2-6(9)7(10)3-5(4)8(11)12/h2-3,9-10H,1H3,(H,11,12). The van der Waals surface area contributed by atoms with Gasteiger partial charge in [-0.25, -0.2) is 4.79 Å². The van der Waals surface area contributed by atoms with Gasteiger partial charge in [0.1, 0.15) is 0 Å². The highest BCUT2D eigenvalue weighted by Gasteiger charge is 2.16. The number of allylic oxidation sites excluding steroid dienone is 2. The van der Waals surface area contributed by atoms with Crippen molar-refractivity contribution in [1.29, 1.82) is 10.8 Å². The molecule has 62 valence electrons. The van der Waals surface area contributed by atoms with Crippen LogP contribution in [0.5, 0.6) is 0 Å². The molecule has 0 atom stereocenters. The minimum Gasteiger partial charge on any atom is -0.478 e. The molecule has 0 amide bonds. The smallest absolute Gasteiger partial charge is 0.336 e. The van der Waals surface area contributed by atoms with E-state index in [9.17, 15) is 4.79 Å². The predicted octanol–water partition coefficient (Wildman–Crippen LogP) is 0.997. The molecule has 0 heterocycles. The summed E-state index contributed by atoms with van der Waals surface area (Å²) < 4.78 is 0. The molecule has 0 aromatic rings. The molecular weight excluding hydrogens is 156 g/mol. The second-order valence-electron chi connectivity index (χ2n) is 2.52. The zero-order valence-electron chi connectivity index (χ0n) is 6.51. The lowest BCUT2D eigenvalue weighted by atomic mass is 9.97. The lowest BCUT2D eigenvalue weighted by Crippen LogP contribution is -2.16. The van der Waals surface area contributed by atoms with Crippen LogP contribution in [0.15, 0.2) is 23.3 Å². The van der Waals surface area contributed by atoms with Gasteiger partial charge >= 0.3 is 5.97 Å². The van der Waals surface area contributed by atoms with E-state index >= 15 is 0 Å². The zero-order valence-corrected chi connectivity index (χ0v) is 6.51. The quantitative estimate of drug-likeness (QED) is 0.505. The van der Waals surface area contributed by atoms with Crippen molar-refractivity contribution in [3.8, 4) is 0 Å². The van der Waals surface area contributed by atoms with Crippen molar-refractivity contribution in [1.82, 2.24) is 0 Å². The van der Waals surface area contributed by atoms with Crippen LogP contribution in [0.4, 0.5) is 0 Å². The van der Waals surface area contributed by atoms with E-state index in [4.69, 9.17) is 15.9 Å². The summed E-state index contributed by atoms with van der Waals surface area (Å²) in [6, 6.07) is 0. The first-order valence-corrected chi connectivity index (χ1v) is 3.33. The summed E-state index contributed by atoms with van der Waals surface area (Å²) in [6.07, 6.45) is 2.58. The van der Waals surface area contributed by atoms with Crippen LogP contribution in [0.25, 0.3) is 0 Å². The van der Waals surface area contributed by atoms with Crippen molar-refractivity contribution in [2.24, 2.45) is 0 Å². The van der Waals surface area contributed by atoms with Gasteiger partial charge < -0.3 is 5.11 Å². The Morgan fingerprint density at radius 1 is 1.33 bits per heavy atom. The van der Waals surface area contributed by atoms with E-state index in [2.05, 4.69) is 0 Å². The van der Waals surface area contributed by atoms with Gasteiger partial charge in [0, 0.05) is 0 Å². The second kappa shape index (κ2) is 2.73. The van der Waals surface area contributed by atoms with Crippen LogP contribution in [0.3, 0.4) is 0 Å². The van der Waals surface area contributed by atoms with Gasteiger partial charge in [-0.05, 0) is 24.6 Å². The summed E-state index contributed by atoms with van der Waals surface area (Å²) in [7, 11) is 0. The first-order chi connectivity index (χ1) is 5.52. The third kappa shape index (κ3) is 1.32. The number of carbonyl (C=O) groups is 1. The van der Waals surface area contributed by atoms with Crippen molar-refractivity contribution in [3.63, 3.8) is 0 Å². The number of rotatable bonds is 1. The maximum atomic E-state index is 10.5. The largest absolute Gasteiger partial charge is 0.478 e. The molecule has 1 aliphatic carbocycles. The fourth-order valence-corrected chi connectivity index (χ4v) is 0.938. The van der Waals surface area contributed by atoms with E-state index in [1.165, 1.54) is 12.2 Å². The Morgan fingerprint density at radius 2 is 1.83 bits per heavy atom. The van der Waals surface area contributed by atoms with Gasteiger partial charge in [0.05, 0.1) is 17.0 Å². The number of carboxylic acid groups (broad SMARTS) is 1. The number of hydrogen-bond acceptors (Lipinski definition) is 3. The van der Waals surface area contributed by atoms with Crippen LogP contribution in [0.2, 0.25) is 0 Å². The minimum atomic E-state index is -1.05. The highest BCUT2D eigenvalue weighted by atomic mass is 16.4. The molecule has 0 unspecified atom stereocenters. The normalized spacial score (nSPS) is 17.1. The average molecular weight is 164 g/mol. The van der Waals surface area contributed by atoms with E-state index in [1.54, 1.807) is 6.92 Å². The van der Waals surface area contributed by atoms with E-state index in [0.717, 1.165) is 0 Å². The maximum Gasteiger partial charge on any atom is 0.336 e. The fourth-order valence-electron chi connectivity index (χ4n) is 0.938. The highest BCUT2D eigenvalue weighted by molar-refractivity contribution is 6.50. The van der Waals surface area contributed by atoms with Gasteiger partial charge in [0.15, 0.2) is 0 Å². The molecule has 0 saturated carbocycles. The monoisotopic (exact) mass is 164 g/mol. The topological polar surface area (TPSA) is 85.0 Å². The Balaban J connectivity index is 3.13. The van der Waals surface area contributed by atoms with E-state index in [0.29, 0.717) is 5.57 Å². The van der Waals surface area contributed by atoms with Crippen LogP contribution in [-0.4, -0.2) is 22.5 Å². The molecule has 12 heavy (non-hydrogen) atoms. The Bertz CT molecular complexity index is 337. The van der Waals surface area contributed by atoms with Crippen molar-refractivity contribution in [2.75, 3.05) is 0 Å². The number of aliphatic carboxylic acids is 1. The van der Waals surface area contributed by atoms with Crippen molar-refractivity contribution in [3.05, 3.63) is 23.3 Å². The van der Waals surface area contributed by atoms with Gasteiger partial charge in [-0.1, -0.05) is 0 Å². The second-order valence-corrected chi connectivity index (χ2v) is 2.52. The molecule has 0 aliphatic heterocycles. The molecule has 0 radical (unpaired) electrons. The average Bonchev–Trinajstić information content (AvgIpc) is 1.96. The van der Waals surface area contributed by atoms with Crippen LogP contribution >= 0.6 is 0 Å².